The summed E-state index contributed by atoms with van der Waals surface area (Å²) in [6, 6.07) is 18.2. The molecule has 0 aromatic heterocycles. The van der Waals surface area contributed by atoms with E-state index in [4.69, 9.17) is 4.74 Å². The summed E-state index contributed by atoms with van der Waals surface area (Å²) in [7, 11) is 0. The fraction of sp³-hybridized carbons (Fsp3) is 0.250. The Hall–Kier alpha value is -1.68. The quantitative estimate of drug-likeness (QED) is 0.865. The molecule has 2 aromatic rings. The van der Waals surface area contributed by atoms with Crippen molar-refractivity contribution in [3.63, 3.8) is 0 Å². The van der Waals surface area contributed by atoms with E-state index in [1.807, 2.05) is 48.5 Å². The monoisotopic (exact) mass is 256 g/mol. The molecule has 3 heteroatoms. The van der Waals surface area contributed by atoms with Crippen LogP contribution in [-0.4, -0.2) is 16.8 Å². The van der Waals surface area contributed by atoms with Gasteiger partial charge in [0, 0.05) is 12.0 Å². The van der Waals surface area contributed by atoms with E-state index < -0.39 is 11.4 Å². The number of benzene rings is 2. The molecular formula is C16H16O3. The van der Waals surface area contributed by atoms with Gasteiger partial charge >= 0.3 is 0 Å². The van der Waals surface area contributed by atoms with Crippen molar-refractivity contribution < 1.29 is 14.9 Å². The highest BCUT2D eigenvalue weighted by atomic mass is 16.6. The lowest BCUT2D eigenvalue weighted by molar-refractivity contribution is -0.269. The van der Waals surface area contributed by atoms with Crippen molar-refractivity contribution in [2.75, 3.05) is 6.61 Å². The average Bonchev–Trinajstić information content (AvgIpc) is 2.79. The van der Waals surface area contributed by atoms with Gasteiger partial charge in [-0.3, -0.25) is 0 Å². The molecule has 1 fully saturated rings. The van der Waals surface area contributed by atoms with Crippen LogP contribution in [0.2, 0.25) is 0 Å². The first-order chi connectivity index (χ1) is 9.17. The summed E-state index contributed by atoms with van der Waals surface area (Å²) < 4.78 is 5.50. The van der Waals surface area contributed by atoms with Gasteiger partial charge in [-0.05, 0) is 5.56 Å². The minimum atomic E-state index is -1.70. The molecule has 1 heterocycles. The van der Waals surface area contributed by atoms with E-state index in [0.29, 0.717) is 24.2 Å². The number of hydrogen-bond donors (Lipinski definition) is 2. The van der Waals surface area contributed by atoms with Gasteiger partial charge in [0.25, 0.3) is 0 Å². The van der Waals surface area contributed by atoms with Crippen LogP contribution in [-0.2, 0) is 16.1 Å². The standard InChI is InChI=1S/C16H16O3/c17-15(13-7-3-1-4-8-13)11-12-19-16(15,18)14-9-5-2-6-10-14/h1-10,17-18H,11-12H2. The SMILES string of the molecule is OC1(c2ccccc2)CCOC1(O)c1ccccc1. The maximum Gasteiger partial charge on any atom is 0.226 e. The zero-order valence-corrected chi connectivity index (χ0v) is 10.5. The van der Waals surface area contributed by atoms with Crippen LogP contribution < -0.4 is 0 Å². The predicted octanol–water partition coefficient (Wildman–Crippen LogP) is 2.14. The van der Waals surface area contributed by atoms with Crippen molar-refractivity contribution >= 4 is 0 Å². The van der Waals surface area contributed by atoms with Crippen LogP contribution in [0.5, 0.6) is 0 Å². The average molecular weight is 256 g/mol. The summed E-state index contributed by atoms with van der Waals surface area (Å²) >= 11 is 0. The molecule has 3 nitrogen and oxygen atoms in total. The Morgan fingerprint density at radius 3 is 1.89 bits per heavy atom. The highest BCUT2D eigenvalue weighted by Crippen LogP contribution is 2.48. The van der Waals surface area contributed by atoms with E-state index in [0.717, 1.165) is 0 Å². The second-order valence-electron chi connectivity index (χ2n) is 4.83. The molecular weight excluding hydrogens is 240 g/mol. The minimum absolute atomic E-state index is 0.316. The molecule has 0 amide bonds. The van der Waals surface area contributed by atoms with Crippen LogP contribution in [0, 0.1) is 0 Å². The van der Waals surface area contributed by atoms with Gasteiger partial charge in [0.2, 0.25) is 5.79 Å². The molecule has 3 rings (SSSR count). The molecule has 98 valence electrons. The second kappa shape index (κ2) is 4.46. The Morgan fingerprint density at radius 2 is 1.32 bits per heavy atom. The van der Waals surface area contributed by atoms with Crippen molar-refractivity contribution in [1.29, 1.82) is 0 Å². The van der Waals surface area contributed by atoms with Gasteiger partial charge < -0.3 is 14.9 Å². The number of ether oxygens (including phenoxy) is 1. The molecule has 2 aromatic carbocycles. The maximum absolute atomic E-state index is 11.0. The smallest absolute Gasteiger partial charge is 0.226 e. The van der Waals surface area contributed by atoms with Crippen LogP contribution in [0.1, 0.15) is 17.5 Å². The lowest BCUT2D eigenvalue weighted by Gasteiger charge is -2.37. The van der Waals surface area contributed by atoms with E-state index in [2.05, 4.69) is 0 Å². The Morgan fingerprint density at radius 1 is 0.789 bits per heavy atom. The van der Waals surface area contributed by atoms with Crippen molar-refractivity contribution in [3.8, 4) is 0 Å². The van der Waals surface area contributed by atoms with Gasteiger partial charge in [-0.2, -0.15) is 0 Å². The van der Waals surface area contributed by atoms with Crippen LogP contribution in [0.3, 0.4) is 0 Å². The highest BCUT2D eigenvalue weighted by Gasteiger charge is 2.57. The van der Waals surface area contributed by atoms with Crippen molar-refractivity contribution in [2.24, 2.45) is 0 Å². The van der Waals surface area contributed by atoms with Crippen LogP contribution in [0.15, 0.2) is 60.7 Å². The Kier molecular flexibility index (Phi) is 2.90. The van der Waals surface area contributed by atoms with E-state index >= 15 is 0 Å². The molecule has 0 spiro atoms. The molecule has 0 saturated carbocycles. The molecule has 2 N–H and O–H groups in total. The van der Waals surface area contributed by atoms with Crippen LogP contribution in [0.25, 0.3) is 0 Å². The minimum Gasteiger partial charge on any atom is -0.379 e. The normalized spacial score (nSPS) is 30.4. The Bertz CT molecular complexity index is 503. The van der Waals surface area contributed by atoms with Gasteiger partial charge in [0.1, 0.15) is 5.60 Å². The molecule has 19 heavy (non-hydrogen) atoms. The first-order valence-electron chi connectivity index (χ1n) is 6.36. The number of aliphatic hydroxyl groups is 2. The largest absolute Gasteiger partial charge is 0.379 e. The maximum atomic E-state index is 11.0. The molecule has 1 aliphatic heterocycles. The summed E-state index contributed by atoms with van der Waals surface area (Å²) in [5.74, 6) is -1.70. The van der Waals surface area contributed by atoms with Crippen molar-refractivity contribution in [1.82, 2.24) is 0 Å². The number of hydrogen-bond acceptors (Lipinski definition) is 3. The van der Waals surface area contributed by atoms with E-state index in [9.17, 15) is 10.2 Å². The van der Waals surface area contributed by atoms with Crippen LogP contribution >= 0.6 is 0 Å². The molecule has 2 unspecified atom stereocenters. The highest BCUT2D eigenvalue weighted by molar-refractivity contribution is 5.33. The second-order valence-corrected chi connectivity index (χ2v) is 4.83. The first kappa shape index (κ1) is 12.4. The molecule has 0 bridgehead atoms. The van der Waals surface area contributed by atoms with Crippen LogP contribution in [0.4, 0.5) is 0 Å². The summed E-state index contributed by atoms with van der Waals surface area (Å²) in [6.07, 6.45) is 0.363. The zero-order valence-electron chi connectivity index (χ0n) is 10.5. The van der Waals surface area contributed by atoms with Crippen molar-refractivity contribution in [2.45, 2.75) is 17.8 Å². The summed E-state index contributed by atoms with van der Waals surface area (Å²) in [5, 5.41) is 21.8. The summed E-state index contributed by atoms with van der Waals surface area (Å²) in [6.45, 7) is 0.316. The summed E-state index contributed by atoms with van der Waals surface area (Å²) in [4.78, 5) is 0. The summed E-state index contributed by atoms with van der Waals surface area (Å²) in [5.41, 5.74) is -0.187. The first-order valence-corrected chi connectivity index (χ1v) is 6.36. The molecule has 0 aliphatic carbocycles. The third-order valence-electron chi connectivity index (χ3n) is 3.75. The van der Waals surface area contributed by atoms with Gasteiger partial charge in [0.05, 0.1) is 6.61 Å². The van der Waals surface area contributed by atoms with Gasteiger partial charge in [0.15, 0.2) is 0 Å². The topological polar surface area (TPSA) is 49.7 Å². The third kappa shape index (κ3) is 1.78. The van der Waals surface area contributed by atoms with Crippen molar-refractivity contribution in [3.05, 3.63) is 71.8 Å². The van der Waals surface area contributed by atoms with E-state index in [1.165, 1.54) is 0 Å². The molecule has 0 radical (unpaired) electrons. The number of rotatable bonds is 2. The zero-order chi connectivity index (χ0) is 13.3. The van der Waals surface area contributed by atoms with E-state index in [-0.39, 0.29) is 0 Å². The van der Waals surface area contributed by atoms with E-state index in [1.54, 1.807) is 12.1 Å². The van der Waals surface area contributed by atoms with Gasteiger partial charge in [-0.25, -0.2) is 0 Å². The predicted molar refractivity (Wildman–Crippen MR) is 71.2 cm³/mol. The Labute approximate surface area is 112 Å². The fourth-order valence-corrected chi connectivity index (χ4v) is 2.68. The lowest BCUT2D eigenvalue weighted by Crippen LogP contribution is -2.46. The molecule has 2 atom stereocenters. The molecule has 1 aliphatic rings. The molecule has 1 saturated heterocycles. The fourth-order valence-electron chi connectivity index (χ4n) is 2.68. The van der Waals surface area contributed by atoms with Gasteiger partial charge in [-0.1, -0.05) is 60.7 Å². The lowest BCUT2D eigenvalue weighted by atomic mass is 9.81. The Balaban J connectivity index is 2.11. The third-order valence-corrected chi connectivity index (χ3v) is 3.75. The van der Waals surface area contributed by atoms with Gasteiger partial charge in [-0.15, -0.1) is 0 Å².